The number of nitrogens with one attached hydrogen (secondary N) is 2. The van der Waals surface area contributed by atoms with Crippen molar-refractivity contribution in [3.8, 4) is 5.75 Å². The first kappa shape index (κ1) is 11.3. The lowest BCUT2D eigenvalue weighted by Crippen LogP contribution is -1.97. The number of aromatic nitrogens is 2. The largest absolute Gasteiger partial charge is 0.505 e. The Balaban J connectivity index is 2.50. The highest BCUT2D eigenvalue weighted by atomic mass is 16.3. The standard InChI is InChI=1S/C15H12N2O3/c1-4-5(2)16-11-7(4)14(19)9-8(11)15(20)10-12(9)17-6(3)13(10)18/h16-18H,1-3H3. The van der Waals surface area contributed by atoms with E-state index in [1.807, 2.05) is 13.8 Å². The number of aryl methyl sites for hydroxylation is 3. The molecule has 20 heavy (non-hydrogen) atoms. The van der Waals surface area contributed by atoms with Gasteiger partial charge in [0.25, 0.3) is 0 Å². The summed E-state index contributed by atoms with van der Waals surface area (Å²) in [6, 6.07) is 0. The van der Waals surface area contributed by atoms with Crippen molar-refractivity contribution in [2.75, 3.05) is 0 Å². The van der Waals surface area contributed by atoms with Crippen LogP contribution >= 0.6 is 0 Å². The molecule has 0 atom stereocenters. The summed E-state index contributed by atoms with van der Waals surface area (Å²) < 4.78 is 0. The molecule has 2 aromatic rings. The fourth-order valence-electron chi connectivity index (χ4n) is 3.17. The quantitative estimate of drug-likeness (QED) is 0.453. The second-order valence-electron chi connectivity index (χ2n) is 5.38. The molecule has 2 aromatic heterocycles. The van der Waals surface area contributed by atoms with Gasteiger partial charge in [0, 0.05) is 5.69 Å². The van der Waals surface area contributed by atoms with Crippen LogP contribution < -0.4 is 10.9 Å². The second kappa shape index (κ2) is 3.12. The molecule has 5 heteroatoms. The van der Waals surface area contributed by atoms with Gasteiger partial charge < -0.3 is 15.1 Å². The highest BCUT2D eigenvalue weighted by molar-refractivity contribution is 5.96. The van der Waals surface area contributed by atoms with Crippen molar-refractivity contribution in [2.24, 2.45) is 0 Å². The lowest BCUT2D eigenvalue weighted by atomic mass is 10.2. The molecule has 0 aromatic carbocycles. The monoisotopic (exact) mass is 268 g/mol. The van der Waals surface area contributed by atoms with E-state index in [4.69, 9.17) is 0 Å². The molecule has 0 aliphatic heterocycles. The normalized spacial score (nSPS) is 12.3. The summed E-state index contributed by atoms with van der Waals surface area (Å²) >= 11 is 0. The van der Waals surface area contributed by atoms with E-state index in [-0.39, 0.29) is 22.0 Å². The van der Waals surface area contributed by atoms with E-state index in [0.717, 1.165) is 11.3 Å². The average Bonchev–Trinajstić information content (AvgIpc) is 3.01. The third-order valence-corrected chi connectivity index (χ3v) is 4.31. The van der Waals surface area contributed by atoms with Crippen molar-refractivity contribution in [1.82, 2.24) is 9.97 Å². The Kier molecular flexibility index (Phi) is 1.76. The van der Waals surface area contributed by atoms with Crippen molar-refractivity contribution in [1.29, 1.82) is 0 Å². The van der Waals surface area contributed by atoms with Gasteiger partial charge in [-0.15, -0.1) is 0 Å². The zero-order valence-corrected chi connectivity index (χ0v) is 11.3. The molecule has 2 aliphatic carbocycles. The maximum absolute atomic E-state index is 12.6. The summed E-state index contributed by atoms with van der Waals surface area (Å²) in [5, 5.41) is 11.6. The molecule has 100 valence electrons. The SMILES string of the molecule is Cc1[nH]c2c3c(=O)c4c(O)c(C)[nH]c4c=3c(=O)c2c1C. The highest BCUT2D eigenvalue weighted by Crippen LogP contribution is 2.30. The van der Waals surface area contributed by atoms with Gasteiger partial charge in [-0.2, -0.15) is 0 Å². The summed E-state index contributed by atoms with van der Waals surface area (Å²) in [4.78, 5) is 31.2. The average molecular weight is 268 g/mol. The molecule has 0 spiro atoms. The predicted octanol–water partition coefficient (Wildman–Crippen LogP) is 1.60. The first-order valence-corrected chi connectivity index (χ1v) is 6.38. The molecule has 2 aliphatic rings. The molecule has 0 bridgehead atoms. The molecule has 0 fully saturated rings. The summed E-state index contributed by atoms with van der Waals surface area (Å²) in [6.07, 6.45) is 0. The van der Waals surface area contributed by atoms with E-state index in [2.05, 4.69) is 9.97 Å². The van der Waals surface area contributed by atoms with E-state index in [9.17, 15) is 14.7 Å². The third kappa shape index (κ3) is 0.976. The summed E-state index contributed by atoms with van der Waals surface area (Å²) in [5.74, 6) is -0.0613. The summed E-state index contributed by atoms with van der Waals surface area (Å²) in [5.41, 5.74) is 2.87. The predicted molar refractivity (Wildman–Crippen MR) is 76.2 cm³/mol. The topological polar surface area (TPSA) is 85.9 Å². The molecule has 3 N–H and O–H groups in total. The van der Waals surface area contributed by atoms with E-state index in [1.165, 1.54) is 0 Å². The second-order valence-corrected chi connectivity index (χ2v) is 5.38. The Morgan fingerprint density at radius 2 is 1.30 bits per heavy atom. The van der Waals surface area contributed by atoms with E-state index >= 15 is 0 Å². The summed E-state index contributed by atoms with van der Waals surface area (Å²) in [7, 11) is 0. The lowest BCUT2D eigenvalue weighted by Gasteiger charge is -1.86. The summed E-state index contributed by atoms with van der Waals surface area (Å²) in [6.45, 7) is 5.42. The van der Waals surface area contributed by atoms with Crippen molar-refractivity contribution < 1.29 is 5.11 Å². The first-order chi connectivity index (χ1) is 9.43. The van der Waals surface area contributed by atoms with Crippen LogP contribution in [0.4, 0.5) is 0 Å². The van der Waals surface area contributed by atoms with Crippen LogP contribution in [0.5, 0.6) is 5.75 Å². The van der Waals surface area contributed by atoms with E-state index < -0.39 is 0 Å². The van der Waals surface area contributed by atoms with Crippen molar-refractivity contribution in [2.45, 2.75) is 20.8 Å². The number of aromatic hydroxyl groups is 1. The van der Waals surface area contributed by atoms with Crippen LogP contribution in [0.3, 0.4) is 0 Å². The zero-order chi connectivity index (χ0) is 14.3. The minimum absolute atomic E-state index is 0.0613. The van der Waals surface area contributed by atoms with Gasteiger partial charge in [-0.05, 0) is 26.3 Å². The Bertz CT molecular complexity index is 1070. The number of hydrogen-bond donors (Lipinski definition) is 3. The van der Waals surface area contributed by atoms with Gasteiger partial charge in [0.05, 0.1) is 37.9 Å². The van der Waals surface area contributed by atoms with E-state index in [1.54, 1.807) is 6.92 Å². The smallest absolute Gasteiger partial charge is 0.201 e. The fraction of sp³-hybridized carbons (Fsp3) is 0.200. The molecule has 2 heterocycles. The Hall–Kier alpha value is -2.56. The van der Waals surface area contributed by atoms with E-state index in [0.29, 0.717) is 32.6 Å². The van der Waals surface area contributed by atoms with Crippen LogP contribution in [0.25, 0.3) is 21.8 Å². The maximum Gasteiger partial charge on any atom is 0.201 e. The van der Waals surface area contributed by atoms with Gasteiger partial charge in [0.15, 0.2) is 5.43 Å². The molecule has 0 radical (unpaired) electrons. The van der Waals surface area contributed by atoms with Crippen LogP contribution in [-0.2, 0) is 0 Å². The number of fused-ring (bicyclic) bond motifs is 4. The highest BCUT2D eigenvalue weighted by Gasteiger charge is 2.23. The van der Waals surface area contributed by atoms with Gasteiger partial charge in [-0.25, -0.2) is 0 Å². The van der Waals surface area contributed by atoms with Gasteiger partial charge in [-0.1, -0.05) is 0 Å². The first-order valence-electron chi connectivity index (χ1n) is 6.38. The Morgan fingerprint density at radius 1 is 0.800 bits per heavy atom. The molecule has 0 saturated heterocycles. The molecule has 0 amide bonds. The molecule has 4 rings (SSSR count). The lowest BCUT2D eigenvalue weighted by molar-refractivity contribution is 0.477. The van der Waals surface area contributed by atoms with Gasteiger partial charge in [0.1, 0.15) is 5.75 Å². The molecule has 0 unspecified atom stereocenters. The van der Waals surface area contributed by atoms with Crippen molar-refractivity contribution >= 4 is 21.8 Å². The molecule has 0 saturated carbocycles. The maximum atomic E-state index is 12.6. The van der Waals surface area contributed by atoms with Crippen LogP contribution in [0, 0.1) is 31.2 Å². The molecular weight excluding hydrogens is 256 g/mol. The number of aromatic amines is 2. The fourth-order valence-corrected chi connectivity index (χ4v) is 3.17. The van der Waals surface area contributed by atoms with Gasteiger partial charge >= 0.3 is 0 Å². The van der Waals surface area contributed by atoms with Crippen molar-refractivity contribution in [3.63, 3.8) is 0 Å². The van der Waals surface area contributed by atoms with Gasteiger partial charge in [-0.3, -0.25) is 9.59 Å². The Morgan fingerprint density at radius 3 is 1.95 bits per heavy atom. The van der Waals surface area contributed by atoms with Crippen LogP contribution in [0.2, 0.25) is 0 Å². The van der Waals surface area contributed by atoms with Crippen LogP contribution in [0.1, 0.15) is 17.0 Å². The minimum atomic E-state index is -0.287. The zero-order valence-electron chi connectivity index (χ0n) is 11.3. The van der Waals surface area contributed by atoms with Crippen molar-refractivity contribution in [3.05, 3.63) is 47.8 Å². The number of hydrogen-bond acceptors (Lipinski definition) is 3. The number of H-pyrrole nitrogens is 2. The van der Waals surface area contributed by atoms with Crippen LogP contribution in [-0.4, -0.2) is 15.1 Å². The van der Waals surface area contributed by atoms with Crippen LogP contribution in [0.15, 0.2) is 9.59 Å². The number of rotatable bonds is 0. The third-order valence-electron chi connectivity index (χ3n) is 4.31. The molecular formula is C15H12N2O3. The Labute approximate surface area is 112 Å². The minimum Gasteiger partial charge on any atom is -0.505 e. The molecule has 5 nitrogen and oxygen atoms in total. The van der Waals surface area contributed by atoms with Gasteiger partial charge in [0.2, 0.25) is 5.43 Å².